The zero-order valence-corrected chi connectivity index (χ0v) is 16.7. The van der Waals surface area contributed by atoms with Crippen molar-refractivity contribution < 1.29 is 0 Å². The topological polar surface area (TPSA) is 41.1 Å². The number of nitrogens with one attached hydrogen (secondary N) is 1. The molecule has 2 heterocycles. The van der Waals surface area contributed by atoms with Crippen LogP contribution in [0.4, 0.5) is 5.82 Å². The first-order chi connectivity index (χ1) is 13.8. The summed E-state index contributed by atoms with van der Waals surface area (Å²) in [4.78, 5) is 2.67. The lowest BCUT2D eigenvalue weighted by atomic mass is 9.89. The van der Waals surface area contributed by atoms with Crippen molar-refractivity contribution in [3.05, 3.63) is 53.6 Å². The summed E-state index contributed by atoms with van der Waals surface area (Å²) in [7, 11) is 0. The van der Waals surface area contributed by atoms with Gasteiger partial charge in [-0.3, -0.25) is 4.90 Å². The first kappa shape index (κ1) is 17.9. The lowest BCUT2D eigenvalue weighted by Crippen LogP contribution is -2.49. The summed E-state index contributed by atoms with van der Waals surface area (Å²) in [5.41, 5.74) is 1.94. The second-order valence-electron chi connectivity index (χ2n) is 8.01. The number of likely N-dealkylation sites (tertiary alicyclic amines) is 1. The average molecular weight is 393 g/mol. The molecule has 3 aromatic rings. The Morgan fingerprint density at radius 1 is 0.893 bits per heavy atom. The zero-order valence-electron chi connectivity index (χ0n) is 15.9. The Morgan fingerprint density at radius 3 is 2.43 bits per heavy atom. The van der Waals surface area contributed by atoms with E-state index in [4.69, 9.17) is 11.6 Å². The Hall–Kier alpha value is -2.17. The van der Waals surface area contributed by atoms with Crippen LogP contribution in [-0.2, 0) is 0 Å². The smallest absolute Gasteiger partial charge is 0.156 e. The molecule has 0 spiro atoms. The molecule has 1 saturated carbocycles. The second kappa shape index (κ2) is 7.69. The molecule has 1 aliphatic heterocycles. The van der Waals surface area contributed by atoms with E-state index in [0.29, 0.717) is 6.04 Å². The number of aromatic nitrogens is 2. The number of hydrogen-bond acceptors (Lipinski definition) is 4. The van der Waals surface area contributed by atoms with Crippen molar-refractivity contribution in [2.24, 2.45) is 0 Å². The summed E-state index contributed by atoms with van der Waals surface area (Å²) < 4.78 is 0. The van der Waals surface area contributed by atoms with Gasteiger partial charge >= 0.3 is 0 Å². The largest absolute Gasteiger partial charge is 0.364 e. The number of hydrogen-bond donors (Lipinski definition) is 1. The van der Waals surface area contributed by atoms with Crippen LogP contribution in [0.1, 0.15) is 32.1 Å². The van der Waals surface area contributed by atoms with Crippen molar-refractivity contribution in [1.82, 2.24) is 15.1 Å². The summed E-state index contributed by atoms with van der Waals surface area (Å²) in [5.74, 6) is 0.897. The average Bonchev–Trinajstić information content (AvgIpc) is 2.68. The molecule has 1 aliphatic carbocycles. The van der Waals surface area contributed by atoms with Gasteiger partial charge in [0, 0.05) is 40.0 Å². The van der Waals surface area contributed by atoms with Gasteiger partial charge in [0.2, 0.25) is 0 Å². The maximum absolute atomic E-state index is 6.05. The predicted molar refractivity (Wildman–Crippen MR) is 116 cm³/mol. The fourth-order valence-electron chi connectivity index (χ4n) is 4.43. The summed E-state index contributed by atoms with van der Waals surface area (Å²) in [6, 6.07) is 17.4. The lowest BCUT2D eigenvalue weighted by molar-refractivity contribution is 0.0990. The highest BCUT2D eigenvalue weighted by atomic mass is 35.5. The van der Waals surface area contributed by atoms with Crippen molar-refractivity contribution in [3.8, 4) is 11.3 Å². The molecule has 0 radical (unpaired) electrons. The van der Waals surface area contributed by atoms with Crippen LogP contribution in [0.2, 0.25) is 5.02 Å². The number of nitrogens with zero attached hydrogens (tertiary/aromatic N) is 3. The Kier molecular flexibility index (Phi) is 4.91. The minimum atomic E-state index is 0.438. The highest BCUT2D eigenvalue weighted by molar-refractivity contribution is 6.30. The van der Waals surface area contributed by atoms with Crippen LogP contribution in [0, 0.1) is 0 Å². The Morgan fingerprint density at radius 2 is 1.68 bits per heavy atom. The molecule has 28 heavy (non-hydrogen) atoms. The molecule has 2 fully saturated rings. The van der Waals surface area contributed by atoms with E-state index in [1.807, 2.05) is 24.3 Å². The van der Waals surface area contributed by atoms with Gasteiger partial charge in [-0.1, -0.05) is 54.4 Å². The fourth-order valence-corrected chi connectivity index (χ4v) is 4.56. The monoisotopic (exact) mass is 392 g/mol. The van der Waals surface area contributed by atoms with E-state index in [-0.39, 0.29) is 0 Å². The van der Waals surface area contributed by atoms with Crippen molar-refractivity contribution in [2.45, 2.75) is 44.2 Å². The fraction of sp³-hybridized carbons (Fsp3) is 0.391. The molecule has 1 aromatic heterocycles. The minimum Gasteiger partial charge on any atom is -0.364 e. The molecule has 0 bridgehead atoms. The molecule has 5 heteroatoms. The molecule has 4 nitrogen and oxygen atoms in total. The minimum absolute atomic E-state index is 0.438. The molecule has 0 amide bonds. The van der Waals surface area contributed by atoms with Crippen LogP contribution in [-0.4, -0.2) is 40.3 Å². The third-order valence-corrected chi connectivity index (χ3v) is 6.44. The van der Waals surface area contributed by atoms with Crippen LogP contribution >= 0.6 is 11.6 Å². The third-order valence-electron chi connectivity index (χ3n) is 6.19. The number of fused-ring (bicyclic) bond motifs is 1. The quantitative estimate of drug-likeness (QED) is 0.647. The summed E-state index contributed by atoms with van der Waals surface area (Å²) in [5, 5.41) is 15.9. The van der Waals surface area contributed by atoms with E-state index >= 15 is 0 Å². The first-order valence-corrected chi connectivity index (χ1v) is 10.7. The molecule has 144 valence electrons. The Balaban J connectivity index is 1.44. The van der Waals surface area contributed by atoms with E-state index in [2.05, 4.69) is 44.7 Å². The Bertz CT molecular complexity index is 968. The van der Waals surface area contributed by atoms with E-state index in [0.717, 1.165) is 45.5 Å². The standard InChI is InChI=1S/C23H25ClN4/c24-17-12-10-16(11-13-17)22-20-8-1-2-9-21(20)23(27-26-22)25-18-5-4-14-28(15-18)19-6-3-7-19/h1-2,8-13,18-19H,3-7,14-15H2,(H,25,27). The van der Waals surface area contributed by atoms with Crippen LogP contribution in [0.15, 0.2) is 48.5 Å². The van der Waals surface area contributed by atoms with Crippen LogP contribution in [0.5, 0.6) is 0 Å². The normalized spacial score (nSPS) is 20.8. The van der Waals surface area contributed by atoms with Gasteiger partial charge in [-0.15, -0.1) is 10.2 Å². The van der Waals surface area contributed by atoms with Gasteiger partial charge in [0.05, 0.1) is 0 Å². The molecule has 2 aromatic carbocycles. The number of rotatable bonds is 4. The maximum Gasteiger partial charge on any atom is 0.156 e. The maximum atomic E-state index is 6.05. The number of anilines is 1. The molecule has 1 N–H and O–H groups in total. The van der Waals surface area contributed by atoms with Gasteiger partial charge in [-0.25, -0.2) is 0 Å². The third kappa shape index (κ3) is 3.47. The Labute approximate surface area is 170 Å². The van der Waals surface area contributed by atoms with Crippen molar-refractivity contribution in [1.29, 1.82) is 0 Å². The molecule has 1 unspecified atom stereocenters. The van der Waals surface area contributed by atoms with Gasteiger partial charge in [-0.05, 0) is 44.4 Å². The SMILES string of the molecule is Clc1ccc(-c2nnc(NC3CCCN(C4CCC4)C3)c3ccccc23)cc1. The van der Waals surface area contributed by atoms with Crippen molar-refractivity contribution >= 4 is 28.2 Å². The van der Waals surface area contributed by atoms with Crippen molar-refractivity contribution in [3.63, 3.8) is 0 Å². The van der Waals surface area contributed by atoms with Gasteiger partial charge < -0.3 is 5.32 Å². The van der Waals surface area contributed by atoms with Crippen LogP contribution in [0.25, 0.3) is 22.0 Å². The van der Waals surface area contributed by atoms with Gasteiger partial charge in [0.1, 0.15) is 5.69 Å². The second-order valence-corrected chi connectivity index (χ2v) is 8.45. The van der Waals surface area contributed by atoms with E-state index in [9.17, 15) is 0 Å². The van der Waals surface area contributed by atoms with Gasteiger partial charge in [0.25, 0.3) is 0 Å². The van der Waals surface area contributed by atoms with Gasteiger partial charge in [-0.2, -0.15) is 0 Å². The van der Waals surface area contributed by atoms with E-state index in [1.54, 1.807) is 0 Å². The molecular formula is C23H25ClN4. The molecule has 1 atom stereocenters. The van der Waals surface area contributed by atoms with E-state index < -0.39 is 0 Å². The van der Waals surface area contributed by atoms with E-state index in [1.165, 1.54) is 38.6 Å². The van der Waals surface area contributed by atoms with Crippen molar-refractivity contribution in [2.75, 3.05) is 18.4 Å². The zero-order chi connectivity index (χ0) is 18.9. The number of benzene rings is 2. The predicted octanol–water partition coefficient (Wildman–Crippen LogP) is 5.38. The number of halogens is 1. The highest BCUT2D eigenvalue weighted by Crippen LogP contribution is 2.32. The first-order valence-electron chi connectivity index (χ1n) is 10.3. The highest BCUT2D eigenvalue weighted by Gasteiger charge is 2.29. The summed E-state index contributed by atoms with van der Waals surface area (Å²) >= 11 is 6.05. The molecular weight excluding hydrogens is 368 g/mol. The summed E-state index contributed by atoms with van der Waals surface area (Å²) in [6.45, 7) is 2.35. The van der Waals surface area contributed by atoms with Crippen LogP contribution in [0.3, 0.4) is 0 Å². The lowest BCUT2D eigenvalue weighted by Gasteiger charge is -2.42. The summed E-state index contributed by atoms with van der Waals surface area (Å²) in [6.07, 6.45) is 6.57. The molecule has 5 rings (SSSR count). The molecule has 1 saturated heterocycles. The van der Waals surface area contributed by atoms with Crippen LogP contribution < -0.4 is 5.32 Å². The van der Waals surface area contributed by atoms with Gasteiger partial charge in [0.15, 0.2) is 5.82 Å². The number of piperidine rings is 1. The molecule has 2 aliphatic rings.